The van der Waals surface area contributed by atoms with Gasteiger partial charge in [0.1, 0.15) is 0 Å². The molecular formula is C9H12O6. The number of hydrogen-bond donors (Lipinski definition) is 1. The van der Waals surface area contributed by atoms with E-state index in [9.17, 15) is 14.4 Å². The van der Waals surface area contributed by atoms with Crippen LogP contribution in [0.4, 0.5) is 0 Å². The molecule has 84 valence electrons. The van der Waals surface area contributed by atoms with Gasteiger partial charge in [-0.15, -0.1) is 0 Å². The maximum atomic E-state index is 11.2. The predicted molar refractivity (Wildman–Crippen MR) is 46.6 cm³/mol. The maximum absolute atomic E-state index is 11.2. The summed E-state index contributed by atoms with van der Waals surface area (Å²) in [7, 11) is 0. The maximum Gasteiger partial charge on any atom is 0.420 e. The van der Waals surface area contributed by atoms with Crippen LogP contribution < -0.4 is 0 Å². The van der Waals surface area contributed by atoms with Gasteiger partial charge < -0.3 is 14.6 Å². The molecule has 0 aromatic rings. The summed E-state index contributed by atoms with van der Waals surface area (Å²) in [6.07, 6.45) is 1.39. The lowest BCUT2D eigenvalue weighted by atomic mass is 9.86. The molecule has 1 saturated carbocycles. The van der Waals surface area contributed by atoms with Crippen molar-refractivity contribution in [1.29, 1.82) is 0 Å². The summed E-state index contributed by atoms with van der Waals surface area (Å²) in [6, 6.07) is 0. The second-order valence-electron chi connectivity index (χ2n) is 3.34. The number of carboxylic acid groups (broad SMARTS) is 1. The Morgan fingerprint density at radius 1 is 1.27 bits per heavy atom. The summed E-state index contributed by atoms with van der Waals surface area (Å²) < 4.78 is 9.05. The zero-order valence-electron chi connectivity index (χ0n) is 8.26. The van der Waals surface area contributed by atoms with E-state index in [2.05, 4.69) is 4.74 Å². The summed E-state index contributed by atoms with van der Waals surface area (Å²) in [6.45, 7) is 1.30. The Hall–Kier alpha value is -1.59. The highest BCUT2D eigenvalue weighted by Crippen LogP contribution is 2.27. The SMILES string of the molecule is CC(OC(=O)C(=O)O)OC(=O)C1CCC1. The standard InChI is InChI=1S/C9H12O6/c1-5(15-9(13)7(10)11)14-8(12)6-3-2-4-6/h5-6H,2-4H2,1H3,(H,10,11). The van der Waals surface area contributed by atoms with Gasteiger partial charge in [-0.05, 0) is 12.8 Å². The summed E-state index contributed by atoms with van der Waals surface area (Å²) in [4.78, 5) is 31.9. The van der Waals surface area contributed by atoms with Crippen molar-refractivity contribution < 1.29 is 29.0 Å². The lowest BCUT2D eigenvalue weighted by molar-refractivity contribution is -0.194. The number of carbonyl (C=O) groups excluding carboxylic acids is 2. The minimum atomic E-state index is -1.71. The lowest BCUT2D eigenvalue weighted by Gasteiger charge is -2.24. The number of hydrogen-bond acceptors (Lipinski definition) is 5. The Morgan fingerprint density at radius 2 is 1.87 bits per heavy atom. The van der Waals surface area contributed by atoms with E-state index in [4.69, 9.17) is 9.84 Å². The van der Waals surface area contributed by atoms with Crippen LogP contribution in [0.15, 0.2) is 0 Å². The van der Waals surface area contributed by atoms with E-state index in [0.29, 0.717) is 0 Å². The van der Waals surface area contributed by atoms with Gasteiger partial charge in [0, 0.05) is 6.92 Å². The summed E-state index contributed by atoms with van der Waals surface area (Å²) in [5.74, 6) is -3.70. The summed E-state index contributed by atoms with van der Waals surface area (Å²) >= 11 is 0. The topological polar surface area (TPSA) is 89.9 Å². The van der Waals surface area contributed by atoms with E-state index >= 15 is 0 Å². The molecule has 1 N–H and O–H groups in total. The monoisotopic (exact) mass is 216 g/mol. The van der Waals surface area contributed by atoms with Crippen LogP contribution in [0.5, 0.6) is 0 Å². The molecule has 0 saturated heterocycles. The molecule has 0 spiro atoms. The van der Waals surface area contributed by atoms with Gasteiger partial charge in [0.25, 0.3) is 0 Å². The molecule has 0 radical (unpaired) electrons. The van der Waals surface area contributed by atoms with Gasteiger partial charge in [0.2, 0.25) is 6.29 Å². The molecule has 1 unspecified atom stereocenters. The van der Waals surface area contributed by atoms with Gasteiger partial charge in [0.15, 0.2) is 0 Å². The molecular weight excluding hydrogens is 204 g/mol. The van der Waals surface area contributed by atoms with Gasteiger partial charge in [-0.3, -0.25) is 4.79 Å². The van der Waals surface area contributed by atoms with Crippen LogP contribution >= 0.6 is 0 Å². The third kappa shape index (κ3) is 3.23. The molecule has 0 aromatic carbocycles. The van der Waals surface area contributed by atoms with Crippen LogP contribution in [0.25, 0.3) is 0 Å². The first-order valence-corrected chi connectivity index (χ1v) is 4.65. The largest absolute Gasteiger partial charge is 0.473 e. The number of carboxylic acids is 1. The fraction of sp³-hybridized carbons (Fsp3) is 0.667. The van der Waals surface area contributed by atoms with E-state index < -0.39 is 24.2 Å². The molecule has 1 rings (SSSR count). The quantitative estimate of drug-likeness (QED) is 0.414. The van der Waals surface area contributed by atoms with E-state index in [1.165, 1.54) is 6.92 Å². The van der Waals surface area contributed by atoms with Crippen LogP contribution in [-0.2, 0) is 23.9 Å². The Morgan fingerprint density at radius 3 is 2.27 bits per heavy atom. The highest BCUT2D eigenvalue weighted by atomic mass is 16.7. The predicted octanol–water partition coefficient (Wildman–Crippen LogP) is 0.303. The minimum Gasteiger partial charge on any atom is -0.473 e. The Balaban J connectivity index is 2.28. The van der Waals surface area contributed by atoms with Crippen molar-refractivity contribution in [2.75, 3.05) is 0 Å². The molecule has 0 aromatic heterocycles. The first-order chi connectivity index (χ1) is 7.00. The first kappa shape index (κ1) is 11.5. The van der Waals surface area contributed by atoms with Gasteiger partial charge in [-0.2, -0.15) is 0 Å². The van der Waals surface area contributed by atoms with Crippen LogP contribution in [0, 0.1) is 5.92 Å². The Labute approximate surface area is 86.2 Å². The fourth-order valence-corrected chi connectivity index (χ4v) is 1.13. The van der Waals surface area contributed by atoms with Crippen LogP contribution in [-0.4, -0.2) is 29.3 Å². The molecule has 1 aliphatic rings. The molecule has 6 heteroatoms. The van der Waals surface area contributed by atoms with Crippen LogP contribution in [0.3, 0.4) is 0 Å². The van der Waals surface area contributed by atoms with Crippen molar-refractivity contribution in [3.05, 3.63) is 0 Å². The number of ether oxygens (including phenoxy) is 2. The van der Waals surface area contributed by atoms with Gasteiger partial charge in [0.05, 0.1) is 5.92 Å². The van der Waals surface area contributed by atoms with Gasteiger partial charge in [-0.25, -0.2) is 9.59 Å². The Kier molecular flexibility index (Phi) is 3.65. The number of aliphatic carboxylic acids is 1. The molecule has 0 amide bonds. The van der Waals surface area contributed by atoms with Crippen LogP contribution in [0.2, 0.25) is 0 Å². The molecule has 1 atom stereocenters. The Bertz CT molecular complexity index is 280. The third-order valence-electron chi connectivity index (χ3n) is 2.17. The second kappa shape index (κ2) is 4.77. The highest BCUT2D eigenvalue weighted by Gasteiger charge is 2.29. The average molecular weight is 216 g/mol. The van der Waals surface area contributed by atoms with Crippen LogP contribution in [0.1, 0.15) is 26.2 Å². The number of rotatable bonds is 3. The zero-order valence-corrected chi connectivity index (χ0v) is 8.26. The van der Waals surface area contributed by atoms with Crippen molar-refractivity contribution in [2.24, 2.45) is 5.92 Å². The fourth-order valence-electron chi connectivity index (χ4n) is 1.13. The molecule has 0 heterocycles. The summed E-state index contributed by atoms with van der Waals surface area (Å²) in [5, 5.41) is 8.22. The van der Waals surface area contributed by atoms with Gasteiger partial charge in [-0.1, -0.05) is 6.42 Å². The lowest BCUT2D eigenvalue weighted by Crippen LogP contribution is -2.31. The van der Waals surface area contributed by atoms with E-state index in [1.807, 2.05) is 0 Å². The molecule has 0 bridgehead atoms. The van der Waals surface area contributed by atoms with Crippen molar-refractivity contribution in [2.45, 2.75) is 32.5 Å². The second-order valence-corrected chi connectivity index (χ2v) is 3.34. The molecule has 0 aliphatic heterocycles. The van der Waals surface area contributed by atoms with Crippen molar-refractivity contribution in [3.8, 4) is 0 Å². The minimum absolute atomic E-state index is 0.129. The molecule has 15 heavy (non-hydrogen) atoms. The van der Waals surface area contributed by atoms with Crippen molar-refractivity contribution in [3.63, 3.8) is 0 Å². The number of esters is 2. The van der Waals surface area contributed by atoms with E-state index in [1.54, 1.807) is 0 Å². The van der Waals surface area contributed by atoms with E-state index in [0.717, 1.165) is 19.3 Å². The molecule has 1 aliphatic carbocycles. The normalized spacial score (nSPS) is 17.4. The average Bonchev–Trinajstić information content (AvgIpc) is 1.99. The highest BCUT2D eigenvalue weighted by molar-refractivity contribution is 6.28. The third-order valence-corrected chi connectivity index (χ3v) is 2.17. The smallest absolute Gasteiger partial charge is 0.420 e. The van der Waals surface area contributed by atoms with Crippen molar-refractivity contribution in [1.82, 2.24) is 0 Å². The van der Waals surface area contributed by atoms with Crippen molar-refractivity contribution >= 4 is 17.9 Å². The van der Waals surface area contributed by atoms with Gasteiger partial charge >= 0.3 is 17.9 Å². The van der Waals surface area contributed by atoms with E-state index in [-0.39, 0.29) is 5.92 Å². The first-order valence-electron chi connectivity index (χ1n) is 4.65. The molecule has 6 nitrogen and oxygen atoms in total. The molecule has 1 fully saturated rings. The number of carbonyl (C=O) groups is 3. The summed E-state index contributed by atoms with van der Waals surface area (Å²) in [5.41, 5.74) is 0. The zero-order chi connectivity index (χ0) is 11.4.